The van der Waals surface area contributed by atoms with Crippen LogP contribution in [0.4, 0.5) is 0 Å². The average Bonchev–Trinajstić information content (AvgIpc) is 2.84. The number of benzene rings is 2. The summed E-state index contributed by atoms with van der Waals surface area (Å²) in [6.07, 6.45) is 16.6. The first-order valence-corrected chi connectivity index (χ1v) is 13.2. The zero-order chi connectivity index (χ0) is 23.6. The largest absolute Gasteiger partial charge is 0.489 e. The van der Waals surface area contributed by atoms with Gasteiger partial charge in [0.15, 0.2) is 0 Å². The predicted molar refractivity (Wildman–Crippen MR) is 138 cm³/mol. The van der Waals surface area contributed by atoms with Gasteiger partial charge in [-0.15, -0.1) is 0 Å². The van der Waals surface area contributed by atoms with E-state index in [0.717, 1.165) is 37.0 Å². The molecule has 0 spiro atoms. The third-order valence-electron chi connectivity index (χ3n) is 6.46. The van der Waals surface area contributed by atoms with Gasteiger partial charge in [-0.25, -0.2) is 0 Å². The van der Waals surface area contributed by atoms with Crippen LogP contribution < -0.4 is 4.74 Å². The van der Waals surface area contributed by atoms with Crippen LogP contribution in [0.15, 0.2) is 54.6 Å². The van der Waals surface area contributed by atoms with E-state index in [1.54, 1.807) is 0 Å². The van der Waals surface area contributed by atoms with Crippen LogP contribution in [0.25, 0.3) is 0 Å². The van der Waals surface area contributed by atoms with Gasteiger partial charge in [0, 0.05) is 0 Å². The number of carboxylic acids is 1. The molecule has 2 aromatic rings. The highest BCUT2D eigenvalue weighted by molar-refractivity contribution is 5.69. The van der Waals surface area contributed by atoms with Crippen LogP contribution in [-0.2, 0) is 17.8 Å². The Morgan fingerprint density at radius 1 is 0.727 bits per heavy atom. The Kier molecular flexibility index (Phi) is 14.1. The van der Waals surface area contributed by atoms with Crippen LogP contribution in [-0.4, -0.2) is 11.1 Å². The maximum absolute atomic E-state index is 11.7. The van der Waals surface area contributed by atoms with Gasteiger partial charge >= 0.3 is 5.97 Å². The van der Waals surface area contributed by atoms with Gasteiger partial charge in [0.05, 0.1) is 5.92 Å². The topological polar surface area (TPSA) is 46.5 Å². The van der Waals surface area contributed by atoms with Crippen LogP contribution in [0.2, 0.25) is 0 Å². The second-order valence-electron chi connectivity index (χ2n) is 9.32. The Bertz CT molecular complexity index is 739. The first-order valence-electron chi connectivity index (χ1n) is 13.2. The molecule has 0 aliphatic rings. The summed E-state index contributed by atoms with van der Waals surface area (Å²) in [5.41, 5.74) is 2.32. The molecule has 0 fully saturated rings. The molecule has 2 aromatic carbocycles. The van der Waals surface area contributed by atoms with Crippen molar-refractivity contribution < 1.29 is 14.6 Å². The van der Waals surface area contributed by atoms with E-state index in [4.69, 9.17) is 4.74 Å². The van der Waals surface area contributed by atoms with E-state index in [1.165, 1.54) is 63.4 Å². The summed E-state index contributed by atoms with van der Waals surface area (Å²) in [6.45, 7) is 2.82. The smallest absolute Gasteiger partial charge is 0.306 e. The van der Waals surface area contributed by atoms with Crippen molar-refractivity contribution in [3.8, 4) is 5.75 Å². The van der Waals surface area contributed by atoms with Crippen LogP contribution in [0.1, 0.15) is 102 Å². The molecule has 0 radical (unpaired) electrons. The number of carbonyl (C=O) groups is 1. The highest BCUT2D eigenvalue weighted by Crippen LogP contribution is 2.21. The molecular formula is C30H44O3. The summed E-state index contributed by atoms with van der Waals surface area (Å²) < 4.78 is 5.84. The van der Waals surface area contributed by atoms with Gasteiger partial charge in [-0.1, -0.05) is 120 Å². The molecule has 0 amide bonds. The number of ether oxygens (including phenoxy) is 1. The molecule has 0 saturated heterocycles. The Morgan fingerprint density at radius 2 is 1.30 bits per heavy atom. The number of aliphatic carboxylic acids is 1. The molecule has 0 aliphatic heterocycles. The van der Waals surface area contributed by atoms with Crippen LogP contribution in [0.5, 0.6) is 5.75 Å². The lowest BCUT2D eigenvalue weighted by atomic mass is 9.93. The van der Waals surface area contributed by atoms with Crippen LogP contribution >= 0.6 is 0 Å². The van der Waals surface area contributed by atoms with Crippen LogP contribution in [0.3, 0.4) is 0 Å². The summed E-state index contributed by atoms with van der Waals surface area (Å²) in [6, 6.07) is 18.2. The maximum Gasteiger partial charge on any atom is 0.306 e. The van der Waals surface area contributed by atoms with Gasteiger partial charge in [0.2, 0.25) is 0 Å². The summed E-state index contributed by atoms with van der Waals surface area (Å²) in [7, 11) is 0. The van der Waals surface area contributed by atoms with Crippen molar-refractivity contribution in [1.29, 1.82) is 0 Å². The number of hydrogen-bond acceptors (Lipinski definition) is 2. The highest BCUT2D eigenvalue weighted by atomic mass is 16.5. The number of unbranched alkanes of at least 4 members (excludes halogenated alkanes) is 10. The van der Waals surface area contributed by atoms with Crippen molar-refractivity contribution in [3.63, 3.8) is 0 Å². The maximum atomic E-state index is 11.7. The highest BCUT2D eigenvalue weighted by Gasteiger charge is 2.16. The monoisotopic (exact) mass is 452 g/mol. The molecule has 1 N–H and O–H groups in total. The fourth-order valence-electron chi connectivity index (χ4n) is 4.28. The summed E-state index contributed by atoms with van der Waals surface area (Å²) in [5, 5.41) is 9.61. The third-order valence-corrected chi connectivity index (χ3v) is 6.46. The Morgan fingerprint density at radius 3 is 1.88 bits per heavy atom. The van der Waals surface area contributed by atoms with E-state index in [9.17, 15) is 9.90 Å². The SMILES string of the molecule is CCCCCCCCCCCCCC(CCc1ccc(OCc2ccccc2)cc1)C(=O)O. The van der Waals surface area contributed by atoms with Crippen molar-refractivity contribution >= 4 is 5.97 Å². The number of aryl methyl sites for hydroxylation is 1. The molecule has 0 saturated carbocycles. The first kappa shape index (κ1) is 27.0. The molecule has 0 heterocycles. The summed E-state index contributed by atoms with van der Waals surface area (Å²) in [5.74, 6) is -0.0409. The summed E-state index contributed by atoms with van der Waals surface area (Å²) >= 11 is 0. The van der Waals surface area contributed by atoms with Crippen LogP contribution in [0, 0.1) is 5.92 Å². The van der Waals surface area contributed by atoms with Gasteiger partial charge in [0.25, 0.3) is 0 Å². The molecule has 0 bridgehead atoms. The van der Waals surface area contributed by atoms with Crippen molar-refractivity contribution in [2.24, 2.45) is 5.92 Å². The number of carboxylic acid groups (broad SMARTS) is 1. The molecular weight excluding hydrogens is 408 g/mol. The van der Waals surface area contributed by atoms with E-state index in [0.29, 0.717) is 13.0 Å². The van der Waals surface area contributed by atoms with Gasteiger partial charge in [0.1, 0.15) is 12.4 Å². The molecule has 3 nitrogen and oxygen atoms in total. The molecule has 3 heteroatoms. The number of hydrogen-bond donors (Lipinski definition) is 1. The fraction of sp³-hybridized carbons (Fsp3) is 0.567. The van der Waals surface area contributed by atoms with Gasteiger partial charge in [-0.05, 0) is 42.5 Å². The molecule has 2 rings (SSSR count). The Hall–Kier alpha value is -2.29. The van der Waals surface area contributed by atoms with E-state index >= 15 is 0 Å². The minimum atomic E-state index is -0.648. The lowest BCUT2D eigenvalue weighted by Gasteiger charge is -2.13. The second-order valence-corrected chi connectivity index (χ2v) is 9.32. The first-order chi connectivity index (χ1) is 16.2. The normalized spacial score (nSPS) is 11.9. The lowest BCUT2D eigenvalue weighted by Crippen LogP contribution is -2.14. The van der Waals surface area contributed by atoms with Crippen molar-refractivity contribution in [1.82, 2.24) is 0 Å². The Labute approximate surface area is 201 Å². The number of rotatable bonds is 19. The Balaban J connectivity index is 1.57. The standard InChI is InChI=1S/C30H44O3/c1-2-3-4-5-6-7-8-9-10-11-15-18-28(30(31)32)22-19-26-20-23-29(24-21-26)33-25-27-16-13-12-14-17-27/h12-14,16-17,20-21,23-24,28H,2-11,15,18-19,22,25H2,1H3,(H,31,32). The van der Waals surface area contributed by atoms with E-state index in [-0.39, 0.29) is 5.92 Å². The van der Waals surface area contributed by atoms with Crippen molar-refractivity contribution in [2.75, 3.05) is 0 Å². The zero-order valence-corrected chi connectivity index (χ0v) is 20.6. The third kappa shape index (κ3) is 12.5. The van der Waals surface area contributed by atoms with Gasteiger partial charge < -0.3 is 9.84 Å². The van der Waals surface area contributed by atoms with Gasteiger partial charge in [-0.2, -0.15) is 0 Å². The molecule has 1 unspecified atom stereocenters. The zero-order valence-electron chi connectivity index (χ0n) is 20.6. The van der Waals surface area contributed by atoms with Crippen molar-refractivity contribution in [2.45, 2.75) is 103 Å². The minimum absolute atomic E-state index is 0.238. The van der Waals surface area contributed by atoms with E-state index < -0.39 is 5.97 Å². The molecule has 0 aromatic heterocycles. The van der Waals surface area contributed by atoms with E-state index in [2.05, 4.69) is 31.2 Å². The molecule has 1 atom stereocenters. The average molecular weight is 453 g/mol. The quantitative estimate of drug-likeness (QED) is 0.217. The predicted octanol–water partition coefficient (Wildman–Crippen LogP) is 8.60. The molecule has 0 aliphatic carbocycles. The summed E-state index contributed by atoms with van der Waals surface area (Å²) in [4.78, 5) is 11.7. The minimum Gasteiger partial charge on any atom is -0.489 e. The molecule has 182 valence electrons. The second kappa shape index (κ2) is 17.2. The fourth-order valence-corrected chi connectivity index (χ4v) is 4.28. The van der Waals surface area contributed by atoms with E-state index in [1.807, 2.05) is 30.3 Å². The molecule has 33 heavy (non-hydrogen) atoms. The lowest BCUT2D eigenvalue weighted by molar-refractivity contribution is -0.142. The van der Waals surface area contributed by atoms with Crippen molar-refractivity contribution in [3.05, 3.63) is 65.7 Å². The van der Waals surface area contributed by atoms with Gasteiger partial charge in [-0.3, -0.25) is 4.79 Å².